The van der Waals surface area contributed by atoms with Gasteiger partial charge in [-0.2, -0.15) is 0 Å². The van der Waals surface area contributed by atoms with E-state index in [0.717, 1.165) is 22.2 Å². The standard InChI is InChI=1S/C16H17NO3S2/c1-9(2)12-6-4-11(5-7-12)8-13-14(18)17(16(21)22-13)10(3)15(19)20/h4-10H,1-3H3,(H,19,20)/p-1/b13-8+/t10-/m0/s1. The smallest absolute Gasteiger partial charge is 0.266 e. The molecular weight excluding hydrogens is 318 g/mol. The van der Waals surface area contributed by atoms with Gasteiger partial charge in [0.25, 0.3) is 5.91 Å². The molecule has 1 amide bonds. The number of amides is 1. The van der Waals surface area contributed by atoms with E-state index in [-0.39, 0.29) is 10.2 Å². The minimum absolute atomic E-state index is 0.242. The van der Waals surface area contributed by atoms with E-state index in [9.17, 15) is 14.7 Å². The molecule has 0 spiro atoms. The second-order valence-corrected chi connectivity index (χ2v) is 7.04. The lowest BCUT2D eigenvalue weighted by molar-refractivity contribution is -0.309. The number of thioether (sulfide) groups is 1. The number of nitrogens with zero attached hydrogens (tertiary/aromatic N) is 1. The number of aliphatic carboxylic acids is 1. The molecule has 0 bridgehead atoms. The van der Waals surface area contributed by atoms with Crippen molar-refractivity contribution in [2.75, 3.05) is 0 Å². The summed E-state index contributed by atoms with van der Waals surface area (Å²) in [7, 11) is 0. The molecule has 0 aromatic heterocycles. The first kappa shape index (κ1) is 16.7. The molecule has 0 aliphatic carbocycles. The highest BCUT2D eigenvalue weighted by Gasteiger charge is 2.35. The third kappa shape index (κ3) is 3.39. The second-order valence-electron chi connectivity index (χ2n) is 5.37. The van der Waals surface area contributed by atoms with Crippen molar-refractivity contribution in [3.63, 3.8) is 0 Å². The van der Waals surface area contributed by atoms with E-state index in [4.69, 9.17) is 12.2 Å². The van der Waals surface area contributed by atoms with Gasteiger partial charge in [-0.1, -0.05) is 62.1 Å². The fourth-order valence-corrected chi connectivity index (χ4v) is 3.47. The van der Waals surface area contributed by atoms with Crippen LogP contribution in [0, 0.1) is 0 Å². The number of carboxylic acid groups (broad SMARTS) is 1. The summed E-state index contributed by atoms with van der Waals surface area (Å²) in [4.78, 5) is 24.8. The van der Waals surface area contributed by atoms with Crippen molar-refractivity contribution >= 4 is 46.3 Å². The van der Waals surface area contributed by atoms with Gasteiger partial charge in [0.15, 0.2) is 0 Å². The van der Waals surface area contributed by atoms with Gasteiger partial charge in [0.1, 0.15) is 4.32 Å². The fourth-order valence-electron chi connectivity index (χ4n) is 2.05. The van der Waals surface area contributed by atoms with Crippen LogP contribution in [0.1, 0.15) is 37.8 Å². The molecule has 1 saturated heterocycles. The Morgan fingerprint density at radius 3 is 2.36 bits per heavy atom. The van der Waals surface area contributed by atoms with Gasteiger partial charge in [-0.25, -0.2) is 0 Å². The van der Waals surface area contributed by atoms with Crippen LogP contribution in [0.15, 0.2) is 29.2 Å². The number of hydrogen-bond acceptors (Lipinski definition) is 5. The van der Waals surface area contributed by atoms with E-state index >= 15 is 0 Å². The Morgan fingerprint density at radius 2 is 1.86 bits per heavy atom. The van der Waals surface area contributed by atoms with E-state index < -0.39 is 12.0 Å². The lowest BCUT2D eigenvalue weighted by atomic mass is 10.0. The number of benzene rings is 1. The Bertz CT molecular complexity index is 650. The summed E-state index contributed by atoms with van der Waals surface area (Å²) in [5, 5.41) is 11.0. The number of rotatable bonds is 4. The van der Waals surface area contributed by atoms with Crippen molar-refractivity contribution in [3.05, 3.63) is 40.3 Å². The summed E-state index contributed by atoms with van der Waals surface area (Å²) < 4.78 is 0.242. The SMILES string of the molecule is CC(C)c1ccc(/C=C2/SC(=S)N([C@@H](C)C(=O)[O-])C2=O)cc1. The van der Waals surface area contributed by atoms with E-state index in [1.807, 2.05) is 24.3 Å². The molecule has 1 aliphatic rings. The first-order valence-corrected chi connectivity index (χ1v) is 8.11. The number of carbonyl (C=O) groups is 2. The molecule has 1 heterocycles. The number of thiocarbonyl (C=S) groups is 1. The zero-order chi connectivity index (χ0) is 16.4. The molecule has 1 atom stereocenters. The Hall–Kier alpha value is -1.66. The van der Waals surface area contributed by atoms with Gasteiger partial charge in [0.05, 0.1) is 16.9 Å². The van der Waals surface area contributed by atoms with Crippen LogP contribution < -0.4 is 5.11 Å². The number of carbonyl (C=O) groups excluding carboxylic acids is 2. The maximum Gasteiger partial charge on any atom is 0.266 e. The van der Waals surface area contributed by atoms with Crippen LogP contribution in [0.2, 0.25) is 0 Å². The Balaban J connectivity index is 2.24. The molecule has 0 radical (unpaired) electrons. The largest absolute Gasteiger partial charge is 0.548 e. The summed E-state index contributed by atoms with van der Waals surface area (Å²) in [6, 6.07) is 6.83. The molecule has 2 rings (SSSR count). The Morgan fingerprint density at radius 1 is 1.27 bits per heavy atom. The summed E-state index contributed by atoms with van der Waals surface area (Å²) in [5.41, 5.74) is 2.10. The lowest BCUT2D eigenvalue weighted by Gasteiger charge is -2.23. The van der Waals surface area contributed by atoms with Crippen LogP contribution >= 0.6 is 24.0 Å². The van der Waals surface area contributed by atoms with Gasteiger partial charge >= 0.3 is 0 Å². The quantitative estimate of drug-likeness (QED) is 0.624. The van der Waals surface area contributed by atoms with Crippen molar-refractivity contribution in [2.24, 2.45) is 0 Å². The predicted molar refractivity (Wildman–Crippen MR) is 90.0 cm³/mol. The van der Waals surface area contributed by atoms with Crippen molar-refractivity contribution < 1.29 is 14.7 Å². The highest BCUT2D eigenvalue weighted by Crippen LogP contribution is 2.34. The highest BCUT2D eigenvalue weighted by molar-refractivity contribution is 8.26. The maximum absolute atomic E-state index is 12.3. The van der Waals surface area contributed by atoms with Gasteiger partial charge in [-0.15, -0.1) is 0 Å². The minimum atomic E-state index is -1.32. The zero-order valence-corrected chi connectivity index (χ0v) is 14.2. The van der Waals surface area contributed by atoms with Crippen LogP contribution in [0.5, 0.6) is 0 Å². The van der Waals surface area contributed by atoms with E-state index in [2.05, 4.69) is 13.8 Å². The maximum atomic E-state index is 12.3. The lowest BCUT2D eigenvalue weighted by Crippen LogP contribution is -2.48. The molecule has 1 aliphatic heterocycles. The van der Waals surface area contributed by atoms with Crippen LogP contribution in [0.4, 0.5) is 0 Å². The van der Waals surface area contributed by atoms with Crippen LogP contribution in [0.25, 0.3) is 6.08 Å². The minimum Gasteiger partial charge on any atom is -0.548 e. The fraction of sp³-hybridized carbons (Fsp3) is 0.312. The van der Waals surface area contributed by atoms with Crippen LogP contribution in [0.3, 0.4) is 0 Å². The predicted octanol–water partition coefficient (Wildman–Crippen LogP) is 2.15. The van der Waals surface area contributed by atoms with E-state index in [1.165, 1.54) is 12.5 Å². The number of hydrogen-bond donors (Lipinski definition) is 0. The van der Waals surface area contributed by atoms with Gasteiger partial charge < -0.3 is 9.90 Å². The molecule has 116 valence electrons. The van der Waals surface area contributed by atoms with Crippen molar-refractivity contribution in [3.8, 4) is 0 Å². The van der Waals surface area contributed by atoms with E-state index in [0.29, 0.717) is 10.8 Å². The van der Waals surface area contributed by atoms with Crippen LogP contribution in [-0.2, 0) is 9.59 Å². The average molecular weight is 334 g/mol. The summed E-state index contributed by atoms with van der Waals surface area (Å²) in [6.45, 7) is 5.61. The molecule has 22 heavy (non-hydrogen) atoms. The van der Waals surface area contributed by atoms with Crippen molar-refractivity contribution in [1.82, 2.24) is 4.90 Å². The van der Waals surface area contributed by atoms with Gasteiger partial charge in [0, 0.05) is 0 Å². The Kier molecular flexibility index (Phi) is 5.03. The van der Waals surface area contributed by atoms with Gasteiger partial charge in [-0.3, -0.25) is 9.69 Å². The first-order chi connectivity index (χ1) is 10.3. The number of carboxylic acids is 1. The third-order valence-corrected chi connectivity index (χ3v) is 4.78. The topological polar surface area (TPSA) is 60.4 Å². The molecule has 6 heteroatoms. The summed E-state index contributed by atoms with van der Waals surface area (Å²) in [5.74, 6) is -1.27. The summed E-state index contributed by atoms with van der Waals surface area (Å²) in [6.07, 6.45) is 1.73. The molecule has 1 aromatic carbocycles. The molecule has 0 saturated carbocycles. The molecule has 0 unspecified atom stereocenters. The van der Waals surface area contributed by atoms with Gasteiger partial charge in [-0.05, 0) is 30.0 Å². The Labute approximate surface area is 139 Å². The third-order valence-electron chi connectivity index (χ3n) is 3.45. The molecule has 1 fully saturated rings. The molecular formula is C16H16NO3S2-. The van der Waals surface area contributed by atoms with Crippen molar-refractivity contribution in [2.45, 2.75) is 32.7 Å². The van der Waals surface area contributed by atoms with E-state index in [1.54, 1.807) is 6.08 Å². The summed E-state index contributed by atoms with van der Waals surface area (Å²) >= 11 is 6.21. The second kappa shape index (κ2) is 6.62. The van der Waals surface area contributed by atoms with Gasteiger partial charge in [0.2, 0.25) is 0 Å². The molecule has 0 N–H and O–H groups in total. The monoisotopic (exact) mass is 334 g/mol. The normalized spacial score (nSPS) is 18.4. The first-order valence-electron chi connectivity index (χ1n) is 6.89. The highest BCUT2D eigenvalue weighted by atomic mass is 32.2. The molecule has 4 nitrogen and oxygen atoms in total. The van der Waals surface area contributed by atoms with Crippen molar-refractivity contribution in [1.29, 1.82) is 0 Å². The molecule has 1 aromatic rings. The zero-order valence-electron chi connectivity index (χ0n) is 12.5. The van der Waals surface area contributed by atoms with Crippen LogP contribution in [-0.4, -0.2) is 27.1 Å². The average Bonchev–Trinajstić information content (AvgIpc) is 2.73.